The number of benzene rings is 2. The van der Waals surface area contributed by atoms with Gasteiger partial charge in [0.2, 0.25) is 11.8 Å². The lowest BCUT2D eigenvalue weighted by molar-refractivity contribution is -0.134. The van der Waals surface area contributed by atoms with E-state index in [-0.39, 0.29) is 30.4 Å². The zero-order valence-corrected chi connectivity index (χ0v) is 21.0. The summed E-state index contributed by atoms with van der Waals surface area (Å²) in [5, 5.41) is 7.48. The molecular formula is C27H31Cl2N3O2. The molecule has 5 rings (SSSR count). The Morgan fingerprint density at radius 3 is 2.59 bits per heavy atom. The molecule has 2 N–H and O–H groups in total. The second kappa shape index (κ2) is 9.52. The highest BCUT2D eigenvalue weighted by atomic mass is 35.5. The molecule has 3 atom stereocenters. The molecule has 1 heterocycles. The monoisotopic (exact) mass is 499 g/mol. The Hall–Kier alpha value is -2.08. The maximum atomic E-state index is 13.9. The van der Waals surface area contributed by atoms with E-state index in [0.717, 1.165) is 55.3 Å². The van der Waals surface area contributed by atoms with Gasteiger partial charge in [-0.25, -0.2) is 0 Å². The SMILES string of the molecule is CC1CCC(N(CC(=O)NC2CCC2)C2(Cc3cccc(Cl)c3)C(=O)Nc3cc(Cl)ccc32)C1. The average molecular weight is 500 g/mol. The molecule has 2 saturated carbocycles. The van der Waals surface area contributed by atoms with Crippen molar-refractivity contribution < 1.29 is 9.59 Å². The van der Waals surface area contributed by atoms with Gasteiger partial charge in [-0.2, -0.15) is 0 Å². The van der Waals surface area contributed by atoms with Crippen molar-refractivity contribution in [1.82, 2.24) is 10.2 Å². The largest absolute Gasteiger partial charge is 0.352 e. The summed E-state index contributed by atoms with van der Waals surface area (Å²) in [5.74, 6) is 0.435. The Labute approximate surface area is 211 Å². The molecule has 3 unspecified atom stereocenters. The zero-order chi connectivity index (χ0) is 23.9. The Morgan fingerprint density at radius 1 is 1.12 bits per heavy atom. The number of nitrogens with one attached hydrogen (secondary N) is 2. The van der Waals surface area contributed by atoms with Crippen LogP contribution in [0, 0.1) is 5.92 Å². The van der Waals surface area contributed by atoms with Crippen molar-refractivity contribution in [2.24, 2.45) is 5.92 Å². The fourth-order valence-electron chi connectivity index (χ4n) is 5.85. The Balaban J connectivity index is 1.60. The fourth-order valence-corrected chi connectivity index (χ4v) is 6.23. The number of rotatable bonds is 7. The lowest BCUT2D eigenvalue weighted by Crippen LogP contribution is -2.59. The fraction of sp³-hybridized carbons (Fsp3) is 0.481. The predicted molar refractivity (Wildman–Crippen MR) is 136 cm³/mol. The molecule has 2 aliphatic carbocycles. The van der Waals surface area contributed by atoms with Crippen LogP contribution >= 0.6 is 23.2 Å². The highest BCUT2D eigenvalue weighted by molar-refractivity contribution is 6.31. The van der Waals surface area contributed by atoms with Crippen LogP contribution < -0.4 is 10.6 Å². The third-order valence-electron chi connectivity index (χ3n) is 7.78. The van der Waals surface area contributed by atoms with Crippen LogP contribution in [-0.2, 0) is 21.5 Å². The highest BCUT2D eigenvalue weighted by Gasteiger charge is 2.54. The number of halogens is 2. The van der Waals surface area contributed by atoms with Crippen molar-refractivity contribution >= 4 is 40.7 Å². The van der Waals surface area contributed by atoms with E-state index in [1.54, 1.807) is 6.07 Å². The molecule has 0 spiro atoms. The maximum Gasteiger partial charge on any atom is 0.249 e. The lowest BCUT2D eigenvalue weighted by Gasteiger charge is -2.44. The number of carbonyl (C=O) groups is 2. The first-order valence-electron chi connectivity index (χ1n) is 12.3. The van der Waals surface area contributed by atoms with Gasteiger partial charge in [-0.15, -0.1) is 0 Å². The number of amides is 2. The highest BCUT2D eigenvalue weighted by Crippen LogP contribution is 2.47. The van der Waals surface area contributed by atoms with Crippen LogP contribution in [-0.4, -0.2) is 35.3 Å². The van der Waals surface area contributed by atoms with Gasteiger partial charge in [0.15, 0.2) is 0 Å². The van der Waals surface area contributed by atoms with E-state index < -0.39 is 5.54 Å². The van der Waals surface area contributed by atoms with Gasteiger partial charge in [0.25, 0.3) is 0 Å². The number of fused-ring (bicyclic) bond motifs is 1. The molecule has 7 heteroatoms. The van der Waals surface area contributed by atoms with Crippen molar-refractivity contribution in [3.05, 3.63) is 63.6 Å². The van der Waals surface area contributed by atoms with Crippen molar-refractivity contribution in [1.29, 1.82) is 0 Å². The molecule has 0 radical (unpaired) electrons. The van der Waals surface area contributed by atoms with Gasteiger partial charge in [0.1, 0.15) is 5.54 Å². The number of hydrogen-bond donors (Lipinski definition) is 2. The predicted octanol–water partition coefficient (Wildman–Crippen LogP) is 5.54. The first-order chi connectivity index (χ1) is 16.3. The van der Waals surface area contributed by atoms with E-state index in [1.165, 1.54) is 0 Å². The summed E-state index contributed by atoms with van der Waals surface area (Å²) in [6.45, 7) is 2.43. The van der Waals surface area contributed by atoms with Crippen LogP contribution in [0.5, 0.6) is 0 Å². The summed E-state index contributed by atoms with van der Waals surface area (Å²) in [6, 6.07) is 13.6. The van der Waals surface area contributed by atoms with Crippen molar-refractivity contribution in [3.63, 3.8) is 0 Å². The molecule has 1 aliphatic heterocycles. The van der Waals surface area contributed by atoms with E-state index in [2.05, 4.69) is 22.5 Å². The standard InChI is InChI=1S/C27H31Cl2N3O2/c1-17-8-10-22(12-17)32(16-25(33)30-21-6-3-7-21)27(15-18-4-2-5-19(28)13-18)23-11-9-20(29)14-24(23)31-26(27)34/h2,4-5,9,11,13-14,17,21-22H,3,6-8,10,12,15-16H2,1H3,(H,30,33)(H,31,34). The van der Waals surface area contributed by atoms with Gasteiger partial charge in [-0.05, 0) is 74.3 Å². The van der Waals surface area contributed by atoms with Gasteiger partial charge >= 0.3 is 0 Å². The average Bonchev–Trinajstić information content (AvgIpc) is 3.30. The maximum absolute atomic E-state index is 13.9. The van der Waals surface area contributed by atoms with Crippen LogP contribution in [0.1, 0.15) is 56.6 Å². The molecule has 5 nitrogen and oxygen atoms in total. The topological polar surface area (TPSA) is 61.4 Å². The van der Waals surface area contributed by atoms with E-state index >= 15 is 0 Å². The van der Waals surface area contributed by atoms with Crippen molar-refractivity contribution in [2.45, 2.75) is 69.5 Å². The van der Waals surface area contributed by atoms with Crippen LogP contribution in [0.4, 0.5) is 5.69 Å². The van der Waals surface area contributed by atoms with Crippen molar-refractivity contribution in [3.8, 4) is 0 Å². The first-order valence-corrected chi connectivity index (χ1v) is 13.0. The van der Waals surface area contributed by atoms with Crippen molar-refractivity contribution in [2.75, 3.05) is 11.9 Å². The Morgan fingerprint density at radius 2 is 1.91 bits per heavy atom. The summed E-state index contributed by atoms with van der Waals surface area (Å²) in [5.41, 5.74) is 1.53. The van der Waals surface area contributed by atoms with E-state index in [4.69, 9.17) is 23.2 Å². The second-order valence-corrected chi connectivity index (χ2v) is 11.1. The number of hydrogen-bond acceptors (Lipinski definition) is 3. The van der Waals surface area contributed by atoms with E-state index in [9.17, 15) is 9.59 Å². The molecule has 2 aromatic carbocycles. The smallest absolute Gasteiger partial charge is 0.249 e. The molecular weight excluding hydrogens is 469 g/mol. The minimum atomic E-state index is -1.02. The summed E-state index contributed by atoms with van der Waals surface area (Å²) in [6.07, 6.45) is 6.66. The van der Waals surface area contributed by atoms with Gasteiger partial charge in [-0.1, -0.05) is 48.3 Å². The molecule has 180 valence electrons. The van der Waals surface area contributed by atoms with Gasteiger partial charge in [0.05, 0.1) is 6.54 Å². The lowest BCUT2D eigenvalue weighted by atomic mass is 9.81. The minimum absolute atomic E-state index is 0.00932. The third-order valence-corrected chi connectivity index (χ3v) is 8.25. The van der Waals surface area contributed by atoms with Crippen LogP contribution in [0.2, 0.25) is 10.0 Å². The number of anilines is 1. The summed E-state index contributed by atoms with van der Waals surface area (Å²) in [7, 11) is 0. The Bertz CT molecular complexity index is 1100. The normalized spacial score (nSPS) is 26.3. The second-order valence-electron chi connectivity index (χ2n) is 10.2. The zero-order valence-electron chi connectivity index (χ0n) is 19.4. The number of nitrogens with zero attached hydrogens (tertiary/aromatic N) is 1. The molecule has 34 heavy (non-hydrogen) atoms. The Kier molecular flexibility index (Phi) is 6.62. The third kappa shape index (κ3) is 4.46. The summed E-state index contributed by atoms with van der Waals surface area (Å²) >= 11 is 12.6. The van der Waals surface area contributed by atoms with Crippen LogP contribution in [0.3, 0.4) is 0 Å². The van der Waals surface area contributed by atoms with E-state index in [1.807, 2.05) is 36.4 Å². The molecule has 0 saturated heterocycles. The van der Waals surface area contributed by atoms with Gasteiger partial charge in [-0.3, -0.25) is 14.5 Å². The summed E-state index contributed by atoms with van der Waals surface area (Å²) < 4.78 is 0. The molecule has 2 fully saturated rings. The molecule has 0 bridgehead atoms. The van der Waals surface area contributed by atoms with Crippen LogP contribution in [0.15, 0.2) is 42.5 Å². The minimum Gasteiger partial charge on any atom is -0.352 e. The van der Waals surface area contributed by atoms with Gasteiger partial charge < -0.3 is 10.6 Å². The molecule has 2 amide bonds. The molecule has 2 aromatic rings. The number of carbonyl (C=O) groups excluding carboxylic acids is 2. The summed E-state index contributed by atoms with van der Waals surface area (Å²) in [4.78, 5) is 29.4. The van der Waals surface area contributed by atoms with Crippen LogP contribution in [0.25, 0.3) is 0 Å². The quantitative estimate of drug-likeness (QED) is 0.525. The molecule has 3 aliphatic rings. The van der Waals surface area contributed by atoms with E-state index in [0.29, 0.717) is 22.4 Å². The van der Waals surface area contributed by atoms with Gasteiger partial charge in [0, 0.05) is 39.8 Å². The molecule has 0 aromatic heterocycles. The first kappa shape index (κ1) is 23.7.